The second-order valence-electron chi connectivity index (χ2n) is 8.65. The van der Waals surface area contributed by atoms with Crippen LogP contribution in [0.2, 0.25) is 0 Å². The maximum atomic E-state index is 13.0. The minimum Gasteiger partial charge on any atom is -0.355 e. The summed E-state index contributed by atoms with van der Waals surface area (Å²) < 4.78 is 31.2. The minimum absolute atomic E-state index is 0.115. The first-order valence-electron chi connectivity index (χ1n) is 10.9. The lowest BCUT2D eigenvalue weighted by Gasteiger charge is -2.29. The molecule has 11 heteroatoms. The number of aromatic nitrogens is 6. The van der Waals surface area contributed by atoms with Crippen LogP contribution in [0.3, 0.4) is 0 Å². The molecule has 0 aliphatic carbocycles. The van der Waals surface area contributed by atoms with Gasteiger partial charge in [-0.2, -0.15) is 8.82 Å². The first kappa shape index (κ1) is 20.4. The number of imidazole rings is 1. The lowest BCUT2D eigenvalue weighted by Crippen LogP contribution is -2.38. The highest BCUT2D eigenvalue weighted by molar-refractivity contribution is 7.89. The Bertz CT molecular complexity index is 1170. The van der Waals surface area contributed by atoms with E-state index in [0.717, 1.165) is 30.4 Å². The fraction of sp³-hybridized carbons (Fsp3) is 0.600. The van der Waals surface area contributed by atoms with E-state index in [9.17, 15) is 8.42 Å². The zero-order chi connectivity index (χ0) is 21.6. The molecule has 5 heterocycles. The van der Waals surface area contributed by atoms with E-state index in [1.807, 2.05) is 35.1 Å². The molecule has 0 spiro atoms. The standard InChI is InChI=1S/C20H28N8O2S/c1-15(2)26-13-19(21-14-26)31(29,30)27-11-7-16(8-12-27)20-23-22-17-5-6-18(24-28(17)20)25-9-3-4-10-25/h5-6,13-16H,3-4,7-12H2,1-2H3. The van der Waals surface area contributed by atoms with Gasteiger partial charge in [0.25, 0.3) is 10.0 Å². The Balaban J connectivity index is 1.33. The molecular weight excluding hydrogens is 416 g/mol. The molecule has 0 radical (unpaired) electrons. The summed E-state index contributed by atoms with van der Waals surface area (Å²) in [4.78, 5) is 6.42. The van der Waals surface area contributed by atoms with Crippen LogP contribution >= 0.6 is 0 Å². The molecule has 2 fully saturated rings. The van der Waals surface area contributed by atoms with Crippen molar-refractivity contribution < 1.29 is 8.42 Å². The molecule has 0 amide bonds. The van der Waals surface area contributed by atoms with Gasteiger partial charge in [-0.15, -0.1) is 15.3 Å². The van der Waals surface area contributed by atoms with E-state index in [-0.39, 0.29) is 17.0 Å². The van der Waals surface area contributed by atoms with Gasteiger partial charge in [0.05, 0.1) is 6.33 Å². The van der Waals surface area contributed by atoms with E-state index in [2.05, 4.69) is 20.1 Å². The molecule has 3 aromatic heterocycles. The average Bonchev–Trinajstić information content (AvgIpc) is 3.54. The molecule has 5 rings (SSSR count). The summed E-state index contributed by atoms with van der Waals surface area (Å²) in [6.07, 6.45) is 6.94. The van der Waals surface area contributed by atoms with Crippen molar-refractivity contribution in [3.8, 4) is 0 Å². The average molecular weight is 445 g/mol. The quantitative estimate of drug-likeness (QED) is 0.594. The second-order valence-corrected chi connectivity index (χ2v) is 10.5. The van der Waals surface area contributed by atoms with E-state index < -0.39 is 10.0 Å². The molecule has 0 N–H and O–H groups in total. The van der Waals surface area contributed by atoms with Gasteiger partial charge in [-0.25, -0.2) is 13.4 Å². The zero-order valence-electron chi connectivity index (χ0n) is 17.9. The molecule has 10 nitrogen and oxygen atoms in total. The molecule has 31 heavy (non-hydrogen) atoms. The lowest BCUT2D eigenvalue weighted by atomic mass is 9.97. The number of anilines is 1. The fourth-order valence-corrected chi connectivity index (χ4v) is 5.78. The largest absolute Gasteiger partial charge is 0.355 e. The van der Waals surface area contributed by atoms with Gasteiger partial charge in [-0.05, 0) is 51.7 Å². The third-order valence-corrected chi connectivity index (χ3v) is 8.08. The van der Waals surface area contributed by atoms with E-state index in [4.69, 9.17) is 5.10 Å². The highest BCUT2D eigenvalue weighted by Crippen LogP contribution is 2.30. The topological polar surface area (TPSA) is 102 Å². The summed E-state index contributed by atoms with van der Waals surface area (Å²) in [5, 5.41) is 13.6. The van der Waals surface area contributed by atoms with E-state index >= 15 is 0 Å². The van der Waals surface area contributed by atoms with E-state index in [1.54, 1.807) is 12.5 Å². The number of piperidine rings is 1. The van der Waals surface area contributed by atoms with Crippen LogP contribution < -0.4 is 4.90 Å². The van der Waals surface area contributed by atoms with Gasteiger partial charge in [0.15, 0.2) is 16.5 Å². The molecular formula is C20H28N8O2S. The van der Waals surface area contributed by atoms with Gasteiger partial charge in [-0.3, -0.25) is 0 Å². The first-order chi connectivity index (χ1) is 14.9. The fourth-order valence-electron chi connectivity index (χ4n) is 4.39. The molecule has 3 aromatic rings. The number of nitrogens with zero attached hydrogens (tertiary/aromatic N) is 8. The Labute approximate surface area is 181 Å². The summed E-state index contributed by atoms with van der Waals surface area (Å²) in [5.41, 5.74) is 0.729. The van der Waals surface area contributed by atoms with Crippen molar-refractivity contribution >= 4 is 21.5 Å². The predicted octanol–water partition coefficient (Wildman–Crippen LogP) is 2.07. The van der Waals surface area contributed by atoms with Gasteiger partial charge >= 0.3 is 0 Å². The SMILES string of the molecule is CC(C)n1cnc(S(=O)(=O)N2CCC(c3nnc4ccc(N5CCCC5)nn34)CC2)c1. The Morgan fingerprint density at radius 1 is 1.03 bits per heavy atom. The molecule has 2 saturated heterocycles. The normalized spacial score (nSPS) is 19.1. The van der Waals surface area contributed by atoms with Crippen LogP contribution in [-0.2, 0) is 10.0 Å². The van der Waals surface area contributed by atoms with Crippen LogP contribution in [-0.4, -0.2) is 68.3 Å². The van der Waals surface area contributed by atoms with Crippen molar-refractivity contribution in [1.29, 1.82) is 0 Å². The first-order valence-corrected chi connectivity index (χ1v) is 12.4. The maximum Gasteiger partial charge on any atom is 0.262 e. The third kappa shape index (κ3) is 3.69. The molecule has 0 aromatic carbocycles. The highest BCUT2D eigenvalue weighted by Gasteiger charge is 2.33. The second kappa shape index (κ2) is 7.86. The summed E-state index contributed by atoms with van der Waals surface area (Å²) >= 11 is 0. The zero-order valence-corrected chi connectivity index (χ0v) is 18.7. The van der Waals surface area contributed by atoms with Crippen molar-refractivity contribution in [3.63, 3.8) is 0 Å². The van der Waals surface area contributed by atoms with Crippen molar-refractivity contribution in [3.05, 3.63) is 30.5 Å². The van der Waals surface area contributed by atoms with Crippen molar-refractivity contribution in [2.75, 3.05) is 31.1 Å². The Morgan fingerprint density at radius 3 is 2.45 bits per heavy atom. The molecule has 166 valence electrons. The third-order valence-electron chi connectivity index (χ3n) is 6.30. The van der Waals surface area contributed by atoms with Crippen LogP contribution in [0.5, 0.6) is 0 Å². The van der Waals surface area contributed by atoms with Crippen LogP contribution in [0.15, 0.2) is 29.7 Å². The van der Waals surface area contributed by atoms with Gasteiger partial charge < -0.3 is 9.47 Å². The molecule has 2 aliphatic heterocycles. The Morgan fingerprint density at radius 2 is 1.77 bits per heavy atom. The van der Waals surface area contributed by atoms with Crippen LogP contribution in [0.4, 0.5) is 5.82 Å². The van der Waals surface area contributed by atoms with Crippen LogP contribution in [0, 0.1) is 0 Å². The van der Waals surface area contributed by atoms with Crippen molar-refractivity contribution in [1.82, 2.24) is 33.7 Å². The van der Waals surface area contributed by atoms with E-state index in [0.29, 0.717) is 25.9 Å². The monoisotopic (exact) mass is 444 g/mol. The summed E-state index contributed by atoms with van der Waals surface area (Å²) in [6.45, 7) is 6.91. The molecule has 0 unspecified atom stereocenters. The number of sulfonamides is 1. The van der Waals surface area contributed by atoms with Gasteiger partial charge in [0, 0.05) is 44.3 Å². The Kier molecular flexibility index (Phi) is 5.17. The summed E-state index contributed by atoms with van der Waals surface area (Å²) in [6, 6.07) is 4.13. The van der Waals surface area contributed by atoms with Gasteiger partial charge in [0.1, 0.15) is 5.82 Å². The van der Waals surface area contributed by atoms with Crippen LogP contribution in [0.25, 0.3) is 5.65 Å². The molecule has 0 atom stereocenters. The maximum absolute atomic E-state index is 13.0. The van der Waals surface area contributed by atoms with E-state index in [1.165, 1.54) is 17.1 Å². The number of rotatable bonds is 5. The number of hydrogen-bond acceptors (Lipinski definition) is 7. The molecule has 0 bridgehead atoms. The van der Waals surface area contributed by atoms with Gasteiger partial charge in [-0.1, -0.05) is 0 Å². The molecule has 2 aliphatic rings. The lowest BCUT2D eigenvalue weighted by molar-refractivity contribution is 0.310. The van der Waals surface area contributed by atoms with Crippen molar-refractivity contribution in [2.24, 2.45) is 0 Å². The summed E-state index contributed by atoms with van der Waals surface area (Å²) in [7, 11) is -3.59. The summed E-state index contributed by atoms with van der Waals surface area (Å²) in [5.74, 6) is 1.89. The van der Waals surface area contributed by atoms with Crippen molar-refractivity contribution in [2.45, 2.75) is 56.5 Å². The smallest absolute Gasteiger partial charge is 0.262 e. The molecule has 0 saturated carbocycles. The predicted molar refractivity (Wildman–Crippen MR) is 116 cm³/mol. The van der Waals surface area contributed by atoms with Gasteiger partial charge in [0.2, 0.25) is 0 Å². The Hall–Kier alpha value is -2.53. The number of fused-ring (bicyclic) bond motifs is 1. The number of hydrogen-bond donors (Lipinski definition) is 0. The minimum atomic E-state index is -3.59. The highest BCUT2D eigenvalue weighted by atomic mass is 32.2. The van der Waals surface area contributed by atoms with Crippen LogP contribution in [0.1, 0.15) is 57.3 Å².